The van der Waals surface area contributed by atoms with Crippen molar-refractivity contribution in [3.8, 4) is 5.75 Å². The van der Waals surface area contributed by atoms with Crippen LogP contribution >= 0.6 is 39.1 Å². The predicted molar refractivity (Wildman–Crippen MR) is 148 cm³/mol. The van der Waals surface area contributed by atoms with Gasteiger partial charge in [-0.1, -0.05) is 88.5 Å². The Bertz CT molecular complexity index is 1180. The van der Waals surface area contributed by atoms with Gasteiger partial charge in [-0.3, -0.25) is 9.59 Å². The van der Waals surface area contributed by atoms with Gasteiger partial charge in [0.15, 0.2) is 6.61 Å². The number of hydrogen-bond donors (Lipinski definition) is 1. The van der Waals surface area contributed by atoms with Crippen molar-refractivity contribution >= 4 is 50.9 Å². The van der Waals surface area contributed by atoms with E-state index >= 15 is 0 Å². The molecule has 1 N–H and O–H groups in total. The molecule has 3 aromatic carbocycles. The minimum Gasteiger partial charge on any atom is -0.482 e. The summed E-state index contributed by atoms with van der Waals surface area (Å²) < 4.78 is 6.64. The summed E-state index contributed by atoms with van der Waals surface area (Å²) in [5.41, 5.74) is 1.84. The van der Waals surface area contributed by atoms with Crippen molar-refractivity contribution in [1.82, 2.24) is 10.2 Å². The number of carbonyl (C=O) groups is 2. The van der Waals surface area contributed by atoms with Crippen LogP contribution in [0.25, 0.3) is 0 Å². The largest absolute Gasteiger partial charge is 0.482 e. The molecule has 36 heavy (non-hydrogen) atoms. The number of carbonyl (C=O) groups excluding carboxylic acids is 2. The minimum absolute atomic E-state index is 0.0253. The van der Waals surface area contributed by atoms with Gasteiger partial charge in [0.25, 0.3) is 5.91 Å². The lowest BCUT2D eigenvalue weighted by atomic mass is 10.0. The Morgan fingerprint density at radius 1 is 1.00 bits per heavy atom. The molecule has 8 heteroatoms. The lowest BCUT2D eigenvalue weighted by Gasteiger charge is -2.32. The summed E-state index contributed by atoms with van der Waals surface area (Å²) in [7, 11) is 0. The molecule has 0 aliphatic carbocycles. The van der Waals surface area contributed by atoms with E-state index in [2.05, 4.69) is 21.2 Å². The summed E-state index contributed by atoms with van der Waals surface area (Å²) in [5.74, 6) is -0.192. The molecule has 2 atom stereocenters. The van der Waals surface area contributed by atoms with Crippen LogP contribution in [0.2, 0.25) is 10.0 Å². The van der Waals surface area contributed by atoms with Crippen LogP contribution in [0, 0.1) is 0 Å². The maximum Gasteiger partial charge on any atom is 0.261 e. The van der Waals surface area contributed by atoms with Gasteiger partial charge in [-0.2, -0.15) is 0 Å². The fraction of sp³-hybridized carbons (Fsp3) is 0.286. The third kappa shape index (κ3) is 8.26. The molecule has 0 bridgehead atoms. The fourth-order valence-corrected chi connectivity index (χ4v) is 4.55. The first-order valence-electron chi connectivity index (χ1n) is 11.7. The summed E-state index contributed by atoms with van der Waals surface area (Å²) >= 11 is 15.7. The molecule has 5 nitrogen and oxygen atoms in total. The van der Waals surface area contributed by atoms with E-state index in [1.54, 1.807) is 23.1 Å². The number of nitrogens with one attached hydrogen (secondary N) is 1. The van der Waals surface area contributed by atoms with Crippen LogP contribution in [0.4, 0.5) is 0 Å². The molecule has 0 aliphatic heterocycles. The Hall–Kier alpha value is -2.54. The molecule has 0 aromatic heterocycles. The van der Waals surface area contributed by atoms with E-state index in [1.165, 1.54) is 0 Å². The highest BCUT2D eigenvalue weighted by Gasteiger charge is 2.31. The van der Waals surface area contributed by atoms with Gasteiger partial charge in [0.1, 0.15) is 11.8 Å². The Balaban J connectivity index is 1.92. The van der Waals surface area contributed by atoms with Crippen molar-refractivity contribution in [2.75, 3.05) is 6.61 Å². The van der Waals surface area contributed by atoms with Gasteiger partial charge in [0.2, 0.25) is 5.91 Å². The van der Waals surface area contributed by atoms with Crippen LogP contribution < -0.4 is 10.1 Å². The van der Waals surface area contributed by atoms with E-state index in [-0.39, 0.29) is 31.0 Å². The minimum atomic E-state index is -0.739. The molecule has 190 valence electrons. The molecule has 0 aliphatic rings. The lowest BCUT2D eigenvalue weighted by molar-refractivity contribution is -0.143. The standard InChI is InChI=1S/C28H29BrCl2N2O3/c1-3-19(2)32-28(35)25(15-20-8-5-4-6-9-20)33(17-21-10-7-11-22(29)14-21)27(34)18-36-26-13-12-23(30)16-24(26)31/h4-14,16,19,25H,3,15,17-18H2,1-2H3,(H,32,35)/t19-,25-/m1/s1. The molecule has 0 spiro atoms. The number of halogens is 3. The van der Waals surface area contributed by atoms with Crippen LogP contribution in [-0.2, 0) is 22.6 Å². The maximum atomic E-state index is 13.6. The van der Waals surface area contributed by atoms with Gasteiger partial charge in [-0.15, -0.1) is 0 Å². The highest BCUT2D eigenvalue weighted by Crippen LogP contribution is 2.28. The molecule has 2 amide bonds. The monoisotopic (exact) mass is 590 g/mol. The number of benzene rings is 3. The van der Waals surface area contributed by atoms with E-state index < -0.39 is 6.04 Å². The predicted octanol–water partition coefficient (Wildman–Crippen LogP) is 6.69. The SMILES string of the molecule is CC[C@@H](C)NC(=O)[C@@H](Cc1ccccc1)N(Cc1cccc(Br)c1)C(=O)COc1ccc(Cl)cc1Cl. The van der Waals surface area contributed by atoms with E-state index in [0.29, 0.717) is 22.2 Å². The molecule has 0 heterocycles. The van der Waals surface area contributed by atoms with Gasteiger partial charge in [-0.05, 0) is 54.8 Å². The lowest BCUT2D eigenvalue weighted by Crippen LogP contribution is -2.53. The summed E-state index contributed by atoms with van der Waals surface area (Å²) in [4.78, 5) is 28.7. The Morgan fingerprint density at radius 2 is 1.72 bits per heavy atom. The topological polar surface area (TPSA) is 58.6 Å². The molecule has 0 saturated carbocycles. The Kier molecular flexibility index (Phi) is 10.7. The third-order valence-corrected chi connectivity index (χ3v) is 6.78. The van der Waals surface area contributed by atoms with Crippen LogP contribution in [0.15, 0.2) is 77.3 Å². The summed E-state index contributed by atoms with van der Waals surface area (Å²) in [6.45, 7) is 3.91. The van der Waals surface area contributed by atoms with Crippen molar-refractivity contribution in [3.05, 3.63) is 98.4 Å². The van der Waals surface area contributed by atoms with Crippen molar-refractivity contribution in [3.63, 3.8) is 0 Å². The van der Waals surface area contributed by atoms with E-state index in [4.69, 9.17) is 27.9 Å². The molecule has 0 unspecified atom stereocenters. The van der Waals surface area contributed by atoms with E-state index in [9.17, 15) is 9.59 Å². The molecule has 0 fully saturated rings. The molecular weight excluding hydrogens is 563 g/mol. The van der Waals surface area contributed by atoms with Crippen LogP contribution in [-0.4, -0.2) is 35.4 Å². The highest BCUT2D eigenvalue weighted by atomic mass is 79.9. The van der Waals surface area contributed by atoms with Gasteiger partial charge >= 0.3 is 0 Å². The van der Waals surface area contributed by atoms with Gasteiger partial charge < -0.3 is 15.0 Å². The van der Waals surface area contributed by atoms with E-state index in [0.717, 1.165) is 22.0 Å². The average molecular weight is 592 g/mol. The van der Waals surface area contributed by atoms with E-state index in [1.807, 2.05) is 68.4 Å². The number of ether oxygens (including phenoxy) is 1. The summed E-state index contributed by atoms with van der Waals surface area (Å²) in [5, 5.41) is 3.83. The zero-order valence-corrected chi connectivity index (χ0v) is 23.3. The molecule has 3 rings (SSSR count). The summed E-state index contributed by atoms with van der Waals surface area (Å²) in [6.07, 6.45) is 1.14. The molecule has 3 aromatic rings. The van der Waals surface area contributed by atoms with Crippen molar-refractivity contribution in [2.24, 2.45) is 0 Å². The van der Waals surface area contributed by atoms with Gasteiger partial charge in [0, 0.05) is 28.5 Å². The highest BCUT2D eigenvalue weighted by molar-refractivity contribution is 9.10. The van der Waals surface area contributed by atoms with Gasteiger partial charge in [0.05, 0.1) is 5.02 Å². The Labute approximate surface area is 230 Å². The average Bonchev–Trinajstić information content (AvgIpc) is 2.86. The third-order valence-electron chi connectivity index (χ3n) is 5.76. The number of nitrogens with zero attached hydrogens (tertiary/aromatic N) is 1. The maximum absolute atomic E-state index is 13.6. The van der Waals surface area contributed by atoms with Gasteiger partial charge in [-0.25, -0.2) is 0 Å². The van der Waals surface area contributed by atoms with Crippen LogP contribution in [0.1, 0.15) is 31.4 Å². The smallest absolute Gasteiger partial charge is 0.261 e. The molecule has 0 radical (unpaired) electrons. The second kappa shape index (κ2) is 13.7. The van der Waals surface area contributed by atoms with Crippen molar-refractivity contribution in [1.29, 1.82) is 0 Å². The van der Waals surface area contributed by atoms with Crippen molar-refractivity contribution < 1.29 is 14.3 Å². The second-order valence-electron chi connectivity index (χ2n) is 8.54. The zero-order chi connectivity index (χ0) is 26.1. The zero-order valence-electron chi connectivity index (χ0n) is 20.2. The quantitative estimate of drug-likeness (QED) is 0.270. The number of rotatable bonds is 11. The normalized spacial score (nSPS) is 12.5. The first-order valence-corrected chi connectivity index (χ1v) is 13.3. The first kappa shape index (κ1) is 28.0. The van der Waals surface area contributed by atoms with Crippen molar-refractivity contribution in [2.45, 2.75) is 45.3 Å². The molecular formula is C28H29BrCl2N2O3. The number of amides is 2. The first-order chi connectivity index (χ1) is 17.3. The van der Waals surface area contributed by atoms with Crippen LogP contribution in [0.5, 0.6) is 5.75 Å². The second-order valence-corrected chi connectivity index (χ2v) is 10.3. The fourth-order valence-electron chi connectivity index (χ4n) is 3.64. The van der Waals surface area contributed by atoms with Crippen LogP contribution in [0.3, 0.4) is 0 Å². The number of hydrogen-bond acceptors (Lipinski definition) is 3. The Morgan fingerprint density at radius 3 is 2.39 bits per heavy atom. The summed E-state index contributed by atoms with van der Waals surface area (Å²) in [6, 6.07) is 21.4. The molecule has 0 saturated heterocycles.